The van der Waals surface area contributed by atoms with Gasteiger partial charge >= 0.3 is 39.5 Å². The van der Waals surface area contributed by atoms with Crippen LogP contribution in [-0.2, 0) is 65.4 Å². The SMILES string of the molecule is CCCCCCCCCCCCCCCCCCCCCCCC(=O)O[C@H](COC(=O)CCCCCCCCCCCCCCCCC(C)C)COP(=O)(O)OC[C@@H](O)COP(=O)(O)OC[C@@H](COC(=O)CCCCCCCCCC(C)C)OC(=O)CCCCCCCCCCCCC(C)C. The highest BCUT2D eigenvalue weighted by molar-refractivity contribution is 7.47. The van der Waals surface area contributed by atoms with Crippen LogP contribution >= 0.6 is 15.6 Å². The van der Waals surface area contributed by atoms with Crippen molar-refractivity contribution < 1.29 is 80.2 Å². The van der Waals surface area contributed by atoms with Crippen molar-refractivity contribution in [1.29, 1.82) is 0 Å². The molecule has 0 aliphatic carbocycles. The minimum atomic E-state index is -4.96. The molecule has 0 amide bonds. The van der Waals surface area contributed by atoms with Crippen molar-refractivity contribution >= 4 is 39.5 Å². The lowest BCUT2D eigenvalue weighted by Gasteiger charge is -2.21. The molecule has 0 aliphatic rings. The Kier molecular flexibility index (Phi) is 70.9. The number of aliphatic hydroxyl groups is 1. The van der Waals surface area contributed by atoms with E-state index < -0.39 is 97.5 Å². The Morgan fingerprint density at radius 3 is 0.673 bits per heavy atom. The zero-order valence-electron chi connectivity index (χ0n) is 66.4. The fourth-order valence-corrected chi connectivity index (χ4v) is 14.2. The smallest absolute Gasteiger partial charge is 0.462 e. The summed E-state index contributed by atoms with van der Waals surface area (Å²) in [5, 5.41) is 10.6. The van der Waals surface area contributed by atoms with Crippen molar-refractivity contribution in [3.8, 4) is 0 Å². The predicted molar refractivity (Wildman–Crippen MR) is 414 cm³/mol. The Morgan fingerprint density at radius 1 is 0.267 bits per heavy atom. The molecule has 0 aromatic carbocycles. The number of carbonyl (C=O) groups is 4. The van der Waals surface area contributed by atoms with E-state index in [-0.39, 0.29) is 25.7 Å². The molecule has 17 nitrogen and oxygen atoms in total. The van der Waals surface area contributed by atoms with E-state index in [9.17, 15) is 43.2 Å². The van der Waals surface area contributed by atoms with Crippen LogP contribution in [0, 0.1) is 17.8 Å². The van der Waals surface area contributed by atoms with Gasteiger partial charge in [-0.1, -0.05) is 376 Å². The molecule has 0 aromatic heterocycles. The second-order valence-corrected chi connectivity index (χ2v) is 33.8. The van der Waals surface area contributed by atoms with Crippen LogP contribution in [0.5, 0.6) is 0 Å². The third kappa shape index (κ3) is 76.1. The summed E-state index contributed by atoms with van der Waals surface area (Å²) < 4.78 is 68.7. The lowest BCUT2D eigenvalue weighted by atomic mass is 10.0. The number of aliphatic hydroxyl groups excluding tert-OH is 1. The summed E-state index contributed by atoms with van der Waals surface area (Å²) in [5.41, 5.74) is 0. The molecular weight excluding hydrogens is 1320 g/mol. The Bertz CT molecular complexity index is 1960. The van der Waals surface area contributed by atoms with Gasteiger partial charge in [-0.2, -0.15) is 0 Å². The molecule has 5 atom stereocenters. The molecule has 0 aromatic rings. The summed E-state index contributed by atoms with van der Waals surface area (Å²) in [6.45, 7) is 11.9. The summed E-state index contributed by atoms with van der Waals surface area (Å²) in [4.78, 5) is 73.0. The van der Waals surface area contributed by atoms with E-state index in [2.05, 4.69) is 48.5 Å². The third-order valence-corrected chi connectivity index (χ3v) is 21.0. The van der Waals surface area contributed by atoms with Crippen molar-refractivity contribution in [2.45, 2.75) is 446 Å². The van der Waals surface area contributed by atoms with E-state index in [1.54, 1.807) is 0 Å². The first-order valence-electron chi connectivity index (χ1n) is 42.3. The molecule has 0 saturated heterocycles. The molecule has 0 bridgehead atoms. The second kappa shape index (κ2) is 72.3. The van der Waals surface area contributed by atoms with Crippen molar-refractivity contribution in [3.63, 3.8) is 0 Å². The van der Waals surface area contributed by atoms with E-state index in [0.29, 0.717) is 31.6 Å². The van der Waals surface area contributed by atoms with Crippen molar-refractivity contribution in [3.05, 3.63) is 0 Å². The molecule has 0 rings (SSSR count). The topological polar surface area (TPSA) is 237 Å². The maximum Gasteiger partial charge on any atom is 0.472 e. The maximum atomic E-state index is 13.1. The molecule has 0 heterocycles. The molecule has 600 valence electrons. The molecule has 0 aliphatic heterocycles. The van der Waals surface area contributed by atoms with Gasteiger partial charge in [0, 0.05) is 25.7 Å². The van der Waals surface area contributed by atoms with E-state index in [0.717, 1.165) is 108 Å². The maximum absolute atomic E-state index is 13.1. The summed E-state index contributed by atoms with van der Waals surface area (Å²) in [7, 11) is -9.92. The normalized spacial score (nSPS) is 14.0. The summed E-state index contributed by atoms with van der Waals surface area (Å²) >= 11 is 0. The highest BCUT2D eigenvalue weighted by Crippen LogP contribution is 2.45. The molecule has 101 heavy (non-hydrogen) atoms. The molecule has 3 N–H and O–H groups in total. The lowest BCUT2D eigenvalue weighted by molar-refractivity contribution is -0.161. The number of ether oxygens (including phenoxy) is 4. The van der Waals surface area contributed by atoms with Crippen molar-refractivity contribution in [1.82, 2.24) is 0 Å². The van der Waals surface area contributed by atoms with Gasteiger partial charge in [-0.3, -0.25) is 37.3 Å². The Hall–Kier alpha value is -1.94. The minimum absolute atomic E-state index is 0.105. The molecule has 0 saturated carbocycles. The fourth-order valence-electron chi connectivity index (χ4n) is 12.7. The van der Waals surface area contributed by atoms with Gasteiger partial charge < -0.3 is 33.8 Å². The van der Waals surface area contributed by atoms with Gasteiger partial charge in [0.1, 0.15) is 19.3 Å². The fraction of sp³-hybridized carbons (Fsp3) is 0.951. The number of hydrogen-bond donors (Lipinski definition) is 3. The number of phosphoric acid groups is 2. The van der Waals surface area contributed by atoms with Crippen LogP contribution in [0.4, 0.5) is 0 Å². The van der Waals surface area contributed by atoms with Gasteiger partial charge in [-0.15, -0.1) is 0 Å². The third-order valence-electron chi connectivity index (χ3n) is 19.1. The molecule has 0 radical (unpaired) electrons. The number of hydrogen-bond acceptors (Lipinski definition) is 15. The monoisotopic (exact) mass is 1480 g/mol. The number of unbranched alkanes of at least 4 members (excludes halogenated alkanes) is 48. The molecule has 0 spiro atoms. The Morgan fingerprint density at radius 2 is 0.455 bits per heavy atom. The average Bonchev–Trinajstić information content (AvgIpc) is 1.15. The number of rotatable bonds is 80. The highest BCUT2D eigenvalue weighted by atomic mass is 31.2. The van der Waals surface area contributed by atoms with E-state index in [4.69, 9.17) is 37.0 Å². The lowest BCUT2D eigenvalue weighted by Crippen LogP contribution is -2.30. The number of carbonyl (C=O) groups excluding carboxylic acids is 4. The summed E-state index contributed by atoms with van der Waals surface area (Å²) in [5.74, 6) is 0.144. The quantitative estimate of drug-likeness (QED) is 0.0222. The number of phosphoric ester groups is 2. The van der Waals surface area contributed by atoms with Crippen LogP contribution < -0.4 is 0 Å². The second-order valence-electron chi connectivity index (χ2n) is 30.9. The van der Waals surface area contributed by atoms with Gasteiger partial charge in [0.05, 0.1) is 26.4 Å². The molecular formula is C82H160O17P2. The van der Waals surface area contributed by atoms with Gasteiger partial charge in [0.15, 0.2) is 12.2 Å². The molecule has 19 heteroatoms. The van der Waals surface area contributed by atoms with Crippen LogP contribution in [-0.4, -0.2) is 96.7 Å². The van der Waals surface area contributed by atoms with Crippen LogP contribution in [0.25, 0.3) is 0 Å². The zero-order valence-corrected chi connectivity index (χ0v) is 68.2. The molecule has 2 unspecified atom stereocenters. The van der Waals surface area contributed by atoms with Crippen molar-refractivity contribution in [2.24, 2.45) is 17.8 Å². The summed E-state index contributed by atoms with van der Waals surface area (Å²) in [6.07, 6.45) is 61.3. The van der Waals surface area contributed by atoms with Gasteiger partial charge in [-0.25, -0.2) is 9.13 Å². The van der Waals surface area contributed by atoms with E-state index in [1.165, 1.54) is 231 Å². The van der Waals surface area contributed by atoms with E-state index in [1.807, 2.05) is 0 Å². The first-order valence-corrected chi connectivity index (χ1v) is 45.3. The average molecular weight is 1480 g/mol. The van der Waals surface area contributed by atoms with Gasteiger partial charge in [0.2, 0.25) is 0 Å². The Balaban J connectivity index is 5.22. The van der Waals surface area contributed by atoms with Crippen LogP contribution in [0.1, 0.15) is 427 Å². The largest absolute Gasteiger partial charge is 0.472 e. The summed E-state index contributed by atoms with van der Waals surface area (Å²) in [6, 6.07) is 0. The Labute approximate surface area is 619 Å². The predicted octanol–water partition coefficient (Wildman–Crippen LogP) is 24.5. The van der Waals surface area contributed by atoms with Crippen LogP contribution in [0.3, 0.4) is 0 Å². The van der Waals surface area contributed by atoms with Crippen LogP contribution in [0.2, 0.25) is 0 Å². The van der Waals surface area contributed by atoms with Crippen LogP contribution in [0.15, 0.2) is 0 Å². The van der Waals surface area contributed by atoms with Gasteiger partial charge in [0.25, 0.3) is 0 Å². The minimum Gasteiger partial charge on any atom is -0.462 e. The first kappa shape index (κ1) is 99.1. The van der Waals surface area contributed by atoms with Crippen molar-refractivity contribution in [2.75, 3.05) is 39.6 Å². The molecule has 0 fully saturated rings. The first-order chi connectivity index (χ1) is 48.7. The zero-order chi connectivity index (χ0) is 74.4. The number of esters is 4. The van der Waals surface area contributed by atoms with Gasteiger partial charge in [-0.05, 0) is 43.4 Å². The van der Waals surface area contributed by atoms with E-state index >= 15 is 0 Å². The standard InChI is InChI=1S/C82H160O17P2/c1-8-9-10-11-12-13-14-15-16-17-18-19-20-21-22-27-30-36-43-51-58-65-81(86)98-77(69-92-79(84)63-56-49-42-35-29-26-24-23-25-28-33-39-46-53-60-73(2)3)71-96-100(88,89)94-67-76(83)68-95-101(90,91)97-72-78(70-93-80(85)64-57-50-45-38-41-48-55-62-75(6)7)99-82(87)66-59-52-44-37-32-31-34-40-47-54-61-74(4)5/h73-78,83H,8-72H2,1-7H3,(H,88,89)(H,90,91)/t76-,77-,78-/m1/s1. The highest BCUT2D eigenvalue weighted by Gasteiger charge is 2.30.